The molecule has 8 nitrogen and oxygen atoms in total. The van der Waals surface area contributed by atoms with E-state index in [0.29, 0.717) is 29.1 Å². The van der Waals surface area contributed by atoms with E-state index in [0.717, 1.165) is 10.9 Å². The second kappa shape index (κ2) is 8.06. The molecule has 4 aromatic rings. The minimum absolute atomic E-state index is 0.156. The summed E-state index contributed by atoms with van der Waals surface area (Å²) >= 11 is 0. The third kappa shape index (κ3) is 3.79. The van der Waals surface area contributed by atoms with Gasteiger partial charge in [0.2, 0.25) is 11.8 Å². The average molecular weight is 417 g/mol. The van der Waals surface area contributed by atoms with Crippen molar-refractivity contribution in [2.75, 3.05) is 10.6 Å². The van der Waals surface area contributed by atoms with Crippen LogP contribution in [-0.4, -0.2) is 26.0 Å². The molecule has 0 aliphatic rings. The molecule has 0 radical (unpaired) electrons. The molecule has 2 heterocycles. The standard InChI is InChI=1S/C23H23N5O3/c1-4-19(23(31)25-17-11-9-16(10-12-17)24-15(3)29)28-20-8-6-5-7-18(20)22-26-21(30)13-14(2)27(22)28/h5-13,19H,4H2,1-3H3,(H,24,29)(H,25,31)/t19-/m0/s1. The number of carbonyl (C=O) groups excluding carboxylic acids is 2. The fourth-order valence-electron chi connectivity index (χ4n) is 3.85. The second-order valence-corrected chi connectivity index (χ2v) is 7.40. The number of anilines is 2. The first-order chi connectivity index (χ1) is 14.9. The molecule has 2 aromatic heterocycles. The second-order valence-electron chi connectivity index (χ2n) is 7.40. The number of benzene rings is 2. The molecule has 0 spiro atoms. The lowest BCUT2D eigenvalue weighted by molar-refractivity contribution is -0.119. The number of nitrogens with zero attached hydrogens (tertiary/aromatic N) is 3. The van der Waals surface area contributed by atoms with E-state index in [1.54, 1.807) is 24.3 Å². The first-order valence-electron chi connectivity index (χ1n) is 10.1. The molecule has 0 aliphatic heterocycles. The topological polar surface area (TPSA) is 97.5 Å². The summed E-state index contributed by atoms with van der Waals surface area (Å²) in [5.74, 6) is -0.341. The molecule has 158 valence electrons. The van der Waals surface area contributed by atoms with E-state index in [2.05, 4.69) is 15.6 Å². The van der Waals surface area contributed by atoms with Crippen molar-refractivity contribution >= 4 is 39.7 Å². The zero-order valence-electron chi connectivity index (χ0n) is 17.5. The Hall–Kier alpha value is -3.94. The van der Waals surface area contributed by atoms with Crippen molar-refractivity contribution in [3.8, 4) is 0 Å². The summed E-state index contributed by atoms with van der Waals surface area (Å²) in [6.07, 6.45) is 0.537. The maximum atomic E-state index is 13.3. The lowest BCUT2D eigenvalue weighted by Crippen LogP contribution is -2.29. The van der Waals surface area contributed by atoms with Crippen molar-refractivity contribution in [3.63, 3.8) is 0 Å². The number of aryl methyl sites for hydroxylation is 1. The third-order valence-electron chi connectivity index (χ3n) is 5.15. The Balaban J connectivity index is 1.75. The van der Waals surface area contributed by atoms with Crippen molar-refractivity contribution in [3.05, 3.63) is 70.6 Å². The Morgan fingerprint density at radius 2 is 1.68 bits per heavy atom. The number of hydrogen-bond donors (Lipinski definition) is 2. The SMILES string of the molecule is CC[C@@H](C(=O)Nc1ccc(NC(C)=O)cc1)n1c2ccccc2c2nc(=O)cc(C)n21. The molecule has 0 saturated carbocycles. The van der Waals surface area contributed by atoms with E-state index in [4.69, 9.17) is 0 Å². The van der Waals surface area contributed by atoms with Crippen molar-refractivity contribution in [2.45, 2.75) is 33.2 Å². The first-order valence-corrected chi connectivity index (χ1v) is 10.1. The molecule has 0 bridgehead atoms. The predicted molar refractivity (Wildman–Crippen MR) is 120 cm³/mol. The van der Waals surface area contributed by atoms with Gasteiger partial charge in [0.05, 0.1) is 5.52 Å². The van der Waals surface area contributed by atoms with Gasteiger partial charge in [0.25, 0.3) is 5.56 Å². The van der Waals surface area contributed by atoms with E-state index >= 15 is 0 Å². The fraction of sp³-hybridized carbons (Fsp3) is 0.217. The third-order valence-corrected chi connectivity index (χ3v) is 5.15. The van der Waals surface area contributed by atoms with Gasteiger partial charge in [0.15, 0.2) is 5.65 Å². The molecule has 2 N–H and O–H groups in total. The van der Waals surface area contributed by atoms with E-state index in [-0.39, 0.29) is 17.4 Å². The number of para-hydroxylation sites is 1. The molecule has 0 saturated heterocycles. The van der Waals surface area contributed by atoms with Gasteiger partial charge in [-0.1, -0.05) is 19.1 Å². The summed E-state index contributed by atoms with van der Waals surface area (Å²) in [5, 5.41) is 6.47. The molecular weight excluding hydrogens is 394 g/mol. The Kier molecular flexibility index (Phi) is 5.29. The van der Waals surface area contributed by atoms with Gasteiger partial charge in [-0.25, -0.2) is 4.52 Å². The zero-order chi connectivity index (χ0) is 22.1. The van der Waals surface area contributed by atoms with Crippen LogP contribution in [0, 0.1) is 6.92 Å². The highest BCUT2D eigenvalue weighted by Gasteiger charge is 2.25. The molecule has 31 heavy (non-hydrogen) atoms. The van der Waals surface area contributed by atoms with E-state index in [9.17, 15) is 14.4 Å². The zero-order valence-corrected chi connectivity index (χ0v) is 17.5. The van der Waals surface area contributed by atoms with E-state index in [1.165, 1.54) is 13.0 Å². The smallest absolute Gasteiger partial charge is 0.273 e. The number of rotatable bonds is 5. The highest BCUT2D eigenvalue weighted by Crippen LogP contribution is 2.27. The quantitative estimate of drug-likeness (QED) is 0.519. The summed E-state index contributed by atoms with van der Waals surface area (Å²) in [4.78, 5) is 40.7. The van der Waals surface area contributed by atoms with Crippen LogP contribution >= 0.6 is 0 Å². The van der Waals surface area contributed by atoms with Crippen LogP contribution in [0.2, 0.25) is 0 Å². The Morgan fingerprint density at radius 3 is 2.32 bits per heavy atom. The lowest BCUT2D eigenvalue weighted by Gasteiger charge is -2.20. The van der Waals surface area contributed by atoms with Gasteiger partial charge in [-0.15, -0.1) is 0 Å². The number of fused-ring (bicyclic) bond motifs is 3. The van der Waals surface area contributed by atoms with Crippen molar-refractivity contribution in [1.29, 1.82) is 0 Å². The van der Waals surface area contributed by atoms with E-state index in [1.807, 2.05) is 47.3 Å². The van der Waals surface area contributed by atoms with Crippen molar-refractivity contribution < 1.29 is 9.59 Å². The molecular formula is C23H23N5O3. The average Bonchev–Trinajstić information content (AvgIpc) is 3.04. The highest BCUT2D eigenvalue weighted by atomic mass is 16.2. The summed E-state index contributed by atoms with van der Waals surface area (Å²) < 4.78 is 3.73. The van der Waals surface area contributed by atoms with Crippen LogP contribution in [0.1, 0.15) is 32.0 Å². The van der Waals surface area contributed by atoms with Crippen molar-refractivity contribution in [2.24, 2.45) is 0 Å². The Bertz CT molecular complexity index is 1350. The maximum Gasteiger partial charge on any atom is 0.273 e. The van der Waals surface area contributed by atoms with Gasteiger partial charge < -0.3 is 10.6 Å². The Morgan fingerprint density at radius 1 is 1.03 bits per heavy atom. The minimum Gasteiger partial charge on any atom is -0.326 e. The molecule has 0 fully saturated rings. The number of hydrogen-bond acceptors (Lipinski definition) is 4. The number of nitrogens with one attached hydrogen (secondary N) is 2. The van der Waals surface area contributed by atoms with Crippen molar-refractivity contribution in [1.82, 2.24) is 14.2 Å². The predicted octanol–water partition coefficient (Wildman–Crippen LogP) is 3.51. The number of carbonyl (C=O) groups is 2. The van der Waals surface area contributed by atoms with Crippen LogP contribution in [0.25, 0.3) is 16.6 Å². The van der Waals surface area contributed by atoms with Gasteiger partial charge in [-0.2, -0.15) is 4.98 Å². The van der Waals surface area contributed by atoms with Crippen LogP contribution in [-0.2, 0) is 9.59 Å². The molecule has 8 heteroatoms. The number of aromatic nitrogens is 3. The van der Waals surface area contributed by atoms with Crippen LogP contribution in [0.3, 0.4) is 0 Å². The monoisotopic (exact) mass is 417 g/mol. The number of amides is 2. The van der Waals surface area contributed by atoms with Crippen LogP contribution < -0.4 is 16.2 Å². The van der Waals surface area contributed by atoms with Crippen LogP contribution in [0.15, 0.2) is 59.4 Å². The summed E-state index contributed by atoms with van der Waals surface area (Å²) in [6.45, 7) is 5.21. The van der Waals surface area contributed by atoms with Gasteiger partial charge in [0.1, 0.15) is 6.04 Å². The van der Waals surface area contributed by atoms with Gasteiger partial charge in [-0.3, -0.25) is 19.1 Å². The van der Waals surface area contributed by atoms with Crippen LogP contribution in [0.4, 0.5) is 11.4 Å². The molecule has 2 aromatic carbocycles. The molecule has 2 amide bonds. The van der Waals surface area contributed by atoms with Gasteiger partial charge in [-0.05, 0) is 49.7 Å². The lowest BCUT2D eigenvalue weighted by atomic mass is 10.2. The van der Waals surface area contributed by atoms with Gasteiger partial charge >= 0.3 is 0 Å². The molecule has 4 rings (SSSR count). The minimum atomic E-state index is -0.527. The molecule has 0 aliphatic carbocycles. The first kappa shape index (κ1) is 20.3. The normalized spacial score (nSPS) is 12.1. The molecule has 1 atom stereocenters. The highest BCUT2D eigenvalue weighted by molar-refractivity contribution is 5.98. The fourth-order valence-corrected chi connectivity index (χ4v) is 3.85. The van der Waals surface area contributed by atoms with Crippen LogP contribution in [0.5, 0.6) is 0 Å². The summed E-state index contributed by atoms with van der Waals surface area (Å²) in [5.41, 5.74) is 3.04. The van der Waals surface area contributed by atoms with E-state index < -0.39 is 6.04 Å². The molecule has 0 unspecified atom stereocenters. The summed E-state index contributed by atoms with van der Waals surface area (Å²) in [6, 6.07) is 15.5. The van der Waals surface area contributed by atoms with Gasteiger partial charge in [0, 0.05) is 35.4 Å². The maximum absolute atomic E-state index is 13.3. The largest absolute Gasteiger partial charge is 0.326 e. The Labute approximate surface area is 178 Å². The summed E-state index contributed by atoms with van der Waals surface area (Å²) in [7, 11) is 0.